The van der Waals surface area contributed by atoms with Gasteiger partial charge in [0.2, 0.25) is 0 Å². The van der Waals surface area contributed by atoms with Gasteiger partial charge in [0.15, 0.2) is 0 Å². The molecule has 1 aliphatic rings. The van der Waals surface area contributed by atoms with Crippen LogP contribution in [0.4, 0.5) is 0 Å². The fraction of sp³-hybridized carbons (Fsp3) is 0.167. The number of hydrogen-bond donors (Lipinski definition) is 0. The van der Waals surface area contributed by atoms with Crippen LogP contribution in [-0.2, 0) is 0 Å². The molecule has 0 aromatic heterocycles. The van der Waals surface area contributed by atoms with Gasteiger partial charge in [0.25, 0.3) is 0 Å². The van der Waals surface area contributed by atoms with E-state index in [2.05, 4.69) is 43.9 Å². The molecule has 0 radical (unpaired) electrons. The summed E-state index contributed by atoms with van der Waals surface area (Å²) < 4.78 is 0. The zero-order chi connectivity index (χ0) is 8.81. The van der Waals surface area contributed by atoms with E-state index >= 15 is 0 Å². The summed E-state index contributed by atoms with van der Waals surface area (Å²) in [6.07, 6.45) is 15.5. The van der Waals surface area contributed by atoms with E-state index in [4.69, 9.17) is 0 Å². The highest BCUT2D eigenvalue weighted by Crippen LogP contribution is 2.15. The minimum atomic E-state index is 1.02. The van der Waals surface area contributed by atoms with E-state index in [1.54, 1.807) is 6.08 Å². The SMILES string of the molecule is C=C/C=C\C1=CCC=CC=C1C. The smallest absolute Gasteiger partial charge is 0.0157 e. The summed E-state index contributed by atoms with van der Waals surface area (Å²) in [6, 6.07) is 0. The maximum Gasteiger partial charge on any atom is -0.0157 e. The fourth-order valence-electron chi connectivity index (χ4n) is 1.11. The molecule has 1 rings (SSSR count). The lowest BCUT2D eigenvalue weighted by Crippen LogP contribution is -1.78. The van der Waals surface area contributed by atoms with Crippen molar-refractivity contribution in [2.45, 2.75) is 13.3 Å². The first-order valence-corrected chi connectivity index (χ1v) is 4.17. The van der Waals surface area contributed by atoms with Gasteiger partial charge in [-0.3, -0.25) is 0 Å². The molecule has 0 aromatic rings. The quantitative estimate of drug-likeness (QED) is 0.539. The minimum Gasteiger partial charge on any atom is -0.0991 e. The van der Waals surface area contributed by atoms with Crippen molar-refractivity contribution in [3.05, 3.63) is 60.3 Å². The summed E-state index contributed by atoms with van der Waals surface area (Å²) in [5.74, 6) is 0. The van der Waals surface area contributed by atoms with Crippen LogP contribution in [0, 0.1) is 0 Å². The van der Waals surface area contributed by atoms with Crippen molar-refractivity contribution in [3.8, 4) is 0 Å². The lowest BCUT2D eigenvalue weighted by molar-refractivity contribution is 1.35. The Morgan fingerprint density at radius 2 is 2.33 bits per heavy atom. The maximum absolute atomic E-state index is 3.64. The van der Waals surface area contributed by atoms with Crippen LogP contribution in [0.5, 0.6) is 0 Å². The molecule has 0 nitrogen and oxygen atoms in total. The van der Waals surface area contributed by atoms with E-state index in [1.165, 1.54) is 11.1 Å². The molecular weight excluding hydrogens is 144 g/mol. The van der Waals surface area contributed by atoms with Crippen LogP contribution in [0.1, 0.15) is 13.3 Å². The number of allylic oxidation sites excluding steroid dienone is 9. The van der Waals surface area contributed by atoms with Gasteiger partial charge in [-0.15, -0.1) is 0 Å². The zero-order valence-electron chi connectivity index (χ0n) is 7.46. The van der Waals surface area contributed by atoms with Gasteiger partial charge in [0.05, 0.1) is 0 Å². The topological polar surface area (TPSA) is 0 Å². The molecule has 0 atom stereocenters. The Balaban J connectivity index is 2.82. The number of hydrogen-bond acceptors (Lipinski definition) is 0. The van der Waals surface area contributed by atoms with Crippen LogP contribution in [-0.4, -0.2) is 0 Å². The third-order valence-corrected chi connectivity index (χ3v) is 1.82. The van der Waals surface area contributed by atoms with Gasteiger partial charge < -0.3 is 0 Å². The van der Waals surface area contributed by atoms with Gasteiger partial charge in [-0.1, -0.05) is 49.1 Å². The van der Waals surface area contributed by atoms with Crippen molar-refractivity contribution < 1.29 is 0 Å². The molecule has 0 amide bonds. The Bertz CT molecular complexity index is 272. The second-order valence-corrected chi connectivity index (χ2v) is 2.77. The Labute approximate surface area is 74.3 Å². The molecule has 0 saturated heterocycles. The van der Waals surface area contributed by atoms with Crippen molar-refractivity contribution in [1.82, 2.24) is 0 Å². The largest absolute Gasteiger partial charge is 0.0991 e. The van der Waals surface area contributed by atoms with E-state index < -0.39 is 0 Å². The second-order valence-electron chi connectivity index (χ2n) is 2.77. The molecule has 62 valence electrons. The molecular formula is C12H14. The number of rotatable bonds is 2. The van der Waals surface area contributed by atoms with Gasteiger partial charge in [-0.25, -0.2) is 0 Å². The average Bonchev–Trinajstić information content (AvgIpc) is 2.27. The van der Waals surface area contributed by atoms with Crippen molar-refractivity contribution in [2.75, 3.05) is 0 Å². The first-order valence-electron chi connectivity index (χ1n) is 4.17. The Morgan fingerprint density at radius 1 is 1.50 bits per heavy atom. The van der Waals surface area contributed by atoms with Gasteiger partial charge >= 0.3 is 0 Å². The van der Waals surface area contributed by atoms with Crippen molar-refractivity contribution in [1.29, 1.82) is 0 Å². The van der Waals surface area contributed by atoms with Crippen LogP contribution in [0.25, 0.3) is 0 Å². The average molecular weight is 158 g/mol. The molecule has 0 fully saturated rings. The first-order chi connectivity index (χ1) is 5.84. The van der Waals surface area contributed by atoms with Crippen molar-refractivity contribution in [3.63, 3.8) is 0 Å². The highest BCUT2D eigenvalue weighted by Gasteiger charge is 1.95. The van der Waals surface area contributed by atoms with Crippen LogP contribution in [0.15, 0.2) is 60.3 Å². The molecule has 0 bridgehead atoms. The molecule has 0 aromatic carbocycles. The molecule has 0 N–H and O–H groups in total. The predicted molar refractivity (Wildman–Crippen MR) is 54.9 cm³/mol. The predicted octanol–water partition coefficient (Wildman–Crippen LogP) is 3.56. The zero-order valence-corrected chi connectivity index (χ0v) is 7.46. The Hall–Kier alpha value is -1.30. The van der Waals surface area contributed by atoms with Crippen LogP contribution >= 0.6 is 0 Å². The first kappa shape index (κ1) is 8.79. The van der Waals surface area contributed by atoms with E-state index in [0.29, 0.717) is 0 Å². The normalized spacial score (nSPS) is 17.1. The summed E-state index contributed by atoms with van der Waals surface area (Å²) in [5, 5.41) is 0. The molecule has 12 heavy (non-hydrogen) atoms. The lowest BCUT2D eigenvalue weighted by atomic mass is 10.1. The molecule has 1 aliphatic carbocycles. The Kier molecular flexibility index (Phi) is 3.34. The summed E-state index contributed by atoms with van der Waals surface area (Å²) in [5.41, 5.74) is 2.60. The van der Waals surface area contributed by atoms with Gasteiger partial charge in [-0.2, -0.15) is 0 Å². The molecule has 0 heteroatoms. The van der Waals surface area contributed by atoms with E-state index in [9.17, 15) is 0 Å². The molecule has 0 spiro atoms. The highest BCUT2D eigenvalue weighted by atomic mass is 14.0. The molecule has 0 saturated carbocycles. The van der Waals surface area contributed by atoms with Crippen LogP contribution in [0.2, 0.25) is 0 Å². The van der Waals surface area contributed by atoms with Crippen LogP contribution < -0.4 is 0 Å². The molecule has 0 heterocycles. The summed E-state index contributed by atoms with van der Waals surface area (Å²) in [7, 11) is 0. The Morgan fingerprint density at radius 3 is 3.08 bits per heavy atom. The molecule has 0 unspecified atom stereocenters. The third kappa shape index (κ3) is 2.39. The minimum absolute atomic E-state index is 1.02. The lowest BCUT2D eigenvalue weighted by Gasteiger charge is -1.98. The highest BCUT2D eigenvalue weighted by molar-refractivity contribution is 5.42. The third-order valence-electron chi connectivity index (χ3n) is 1.82. The van der Waals surface area contributed by atoms with Crippen molar-refractivity contribution >= 4 is 0 Å². The molecule has 0 aliphatic heterocycles. The van der Waals surface area contributed by atoms with E-state index in [0.717, 1.165) is 6.42 Å². The second kappa shape index (κ2) is 4.55. The maximum atomic E-state index is 3.64. The fourth-order valence-corrected chi connectivity index (χ4v) is 1.11. The summed E-state index contributed by atoms with van der Waals surface area (Å²) in [6.45, 7) is 5.76. The standard InChI is InChI=1S/C12H14/c1-3-4-9-12-10-7-5-6-8-11(12)2/h3-6,8-10H,1,7H2,2H3/b9-4-. The summed E-state index contributed by atoms with van der Waals surface area (Å²) >= 11 is 0. The van der Waals surface area contributed by atoms with Crippen LogP contribution in [0.3, 0.4) is 0 Å². The van der Waals surface area contributed by atoms with E-state index in [-0.39, 0.29) is 0 Å². The monoisotopic (exact) mass is 158 g/mol. The summed E-state index contributed by atoms with van der Waals surface area (Å²) in [4.78, 5) is 0. The van der Waals surface area contributed by atoms with Gasteiger partial charge in [-0.05, 0) is 24.5 Å². The van der Waals surface area contributed by atoms with E-state index in [1.807, 2.05) is 6.08 Å². The van der Waals surface area contributed by atoms with Gasteiger partial charge in [0, 0.05) is 0 Å². The van der Waals surface area contributed by atoms with Crippen molar-refractivity contribution in [2.24, 2.45) is 0 Å². The van der Waals surface area contributed by atoms with Gasteiger partial charge in [0.1, 0.15) is 0 Å².